The number of alkyl halides is 1. The van der Waals surface area contributed by atoms with Crippen LogP contribution in [0.2, 0.25) is 0 Å². The van der Waals surface area contributed by atoms with Gasteiger partial charge in [0.05, 0.1) is 11.5 Å². The summed E-state index contributed by atoms with van der Waals surface area (Å²) in [6.45, 7) is 1.34. The fourth-order valence-corrected chi connectivity index (χ4v) is 2.83. The summed E-state index contributed by atoms with van der Waals surface area (Å²) in [5.41, 5.74) is -3.19. The third-order valence-corrected chi connectivity index (χ3v) is 4.06. The molecule has 1 aliphatic heterocycles. The van der Waals surface area contributed by atoms with E-state index in [0.29, 0.717) is 0 Å². The van der Waals surface area contributed by atoms with Gasteiger partial charge in [0.25, 0.3) is 11.5 Å². The van der Waals surface area contributed by atoms with E-state index in [4.69, 9.17) is 17.0 Å². The Labute approximate surface area is 140 Å². The summed E-state index contributed by atoms with van der Waals surface area (Å²) in [5, 5.41) is 26.4. The Morgan fingerprint density at radius 3 is 3.00 bits per heavy atom. The highest BCUT2D eigenvalue weighted by Crippen LogP contribution is 2.43. The van der Waals surface area contributed by atoms with Crippen molar-refractivity contribution >= 4 is 17.0 Å². The molecular formula is C14H15FN6O4. The maximum absolute atomic E-state index is 15.2. The van der Waals surface area contributed by atoms with Crippen LogP contribution >= 0.6 is 0 Å². The summed E-state index contributed by atoms with van der Waals surface area (Å²) in [6.07, 6.45) is 0.889. The Balaban J connectivity index is 2.18. The number of nitrogens with two attached hydrogens (primary N) is 1. The summed E-state index contributed by atoms with van der Waals surface area (Å²) in [6, 6.07) is 1.38. The summed E-state index contributed by atoms with van der Waals surface area (Å²) in [7, 11) is 0. The van der Waals surface area contributed by atoms with E-state index in [1.54, 1.807) is 0 Å². The lowest BCUT2D eigenvalue weighted by Crippen LogP contribution is -2.43. The van der Waals surface area contributed by atoms with E-state index in [0.717, 1.165) is 4.57 Å². The zero-order valence-electron chi connectivity index (χ0n) is 13.0. The van der Waals surface area contributed by atoms with Gasteiger partial charge in [0.1, 0.15) is 12.2 Å². The molecule has 0 bridgehead atoms. The van der Waals surface area contributed by atoms with Crippen molar-refractivity contribution in [3.05, 3.63) is 22.6 Å². The molecule has 0 radical (unpaired) electrons. The normalized spacial score (nSPS) is 30.8. The highest BCUT2D eigenvalue weighted by molar-refractivity contribution is 5.76. The number of hydrogen-bond acceptors (Lipinski definition) is 7. The Morgan fingerprint density at radius 2 is 2.40 bits per heavy atom. The van der Waals surface area contributed by atoms with Crippen LogP contribution in [0.5, 0.6) is 0 Å². The van der Waals surface area contributed by atoms with Crippen molar-refractivity contribution in [2.75, 3.05) is 0 Å². The van der Waals surface area contributed by atoms with E-state index < -0.39 is 35.8 Å². The first kappa shape index (κ1) is 17.0. The zero-order chi connectivity index (χ0) is 18.4. The van der Waals surface area contributed by atoms with Crippen LogP contribution in [0.1, 0.15) is 13.2 Å². The smallest absolute Gasteiger partial charge is 0.261 e. The number of aliphatic hydroxyl groups excluding tert-OH is 2. The Morgan fingerprint density at radius 1 is 1.68 bits per heavy atom. The number of aromatic nitrogens is 3. The predicted octanol–water partition coefficient (Wildman–Crippen LogP) is -0.337. The lowest BCUT2D eigenvalue weighted by Gasteiger charge is -2.24. The van der Waals surface area contributed by atoms with Gasteiger partial charge < -0.3 is 25.4 Å². The maximum Gasteiger partial charge on any atom is 0.261 e. The van der Waals surface area contributed by atoms with Crippen molar-refractivity contribution in [1.29, 1.82) is 0 Å². The molecule has 11 heteroatoms. The fraction of sp³-hybridized carbons (Fsp3) is 0.429. The van der Waals surface area contributed by atoms with Gasteiger partial charge in [0.15, 0.2) is 11.9 Å². The molecule has 1 fully saturated rings. The third-order valence-electron chi connectivity index (χ3n) is 4.06. The predicted molar refractivity (Wildman–Crippen MR) is 83.3 cm³/mol. The molecule has 1 saturated heterocycles. The number of ether oxygens (including phenoxy) is 1. The molecule has 0 aliphatic carbocycles. The first-order chi connectivity index (χ1) is 11.8. The van der Waals surface area contributed by atoms with Crippen LogP contribution < -0.4 is 11.4 Å². The summed E-state index contributed by atoms with van der Waals surface area (Å²) in [5.74, 6) is 6.63. The van der Waals surface area contributed by atoms with Crippen LogP contribution in [-0.2, 0) is 4.74 Å². The highest BCUT2D eigenvalue weighted by atomic mass is 19.1. The number of nitrogens with one attached hydrogen (secondary N) is 1. The van der Waals surface area contributed by atoms with Gasteiger partial charge in [0.2, 0.25) is 5.67 Å². The lowest BCUT2D eigenvalue weighted by molar-refractivity contribution is -0.0775. The number of H-pyrrole nitrogens is 1. The van der Waals surface area contributed by atoms with Crippen molar-refractivity contribution in [3.63, 3.8) is 0 Å². The molecule has 2 aromatic rings. The molecule has 10 nitrogen and oxygen atoms in total. The van der Waals surface area contributed by atoms with Gasteiger partial charge in [-0.1, -0.05) is 16.3 Å². The number of nitrogens with zero attached hydrogens (tertiary/aromatic N) is 4. The minimum atomic E-state index is -2.65. The van der Waals surface area contributed by atoms with Gasteiger partial charge in [-0.15, -0.1) is 6.42 Å². The number of terminal acetylenes is 1. The molecule has 2 aromatic heterocycles. The minimum Gasteiger partial charge on any atom is -0.391 e. The largest absolute Gasteiger partial charge is 0.391 e. The van der Waals surface area contributed by atoms with Crippen LogP contribution in [-0.4, -0.2) is 48.7 Å². The number of halogens is 1. The average Bonchev–Trinajstić information content (AvgIpc) is 3.09. The molecule has 3 heterocycles. The second-order valence-electron chi connectivity index (χ2n) is 5.62. The summed E-state index contributed by atoms with van der Waals surface area (Å²) >= 11 is 0. The molecule has 0 spiro atoms. The molecule has 5 atom stereocenters. The Hall–Kier alpha value is -2.81. The fourth-order valence-electron chi connectivity index (χ4n) is 2.83. The molecule has 3 rings (SSSR count). The van der Waals surface area contributed by atoms with Crippen molar-refractivity contribution in [3.8, 4) is 12.3 Å². The number of aliphatic hydroxyl groups is 2. The van der Waals surface area contributed by atoms with E-state index in [1.807, 2.05) is 5.92 Å². The topological polar surface area (TPSA) is 151 Å². The van der Waals surface area contributed by atoms with E-state index in [-0.39, 0.29) is 17.0 Å². The summed E-state index contributed by atoms with van der Waals surface area (Å²) in [4.78, 5) is 18.4. The lowest BCUT2D eigenvalue weighted by atomic mass is 9.95. The number of rotatable bonds is 3. The van der Waals surface area contributed by atoms with Crippen LogP contribution in [0.4, 0.5) is 10.3 Å². The molecular weight excluding hydrogens is 335 g/mol. The van der Waals surface area contributed by atoms with E-state index >= 15 is 4.39 Å². The molecule has 5 N–H and O–H groups in total. The van der Waals surface area contributed by atoms with Gasteiger partial charge in [0, 0.05) is 6.20 Å². The molecule has 1 aliphatic rings. The monoisotopic (exact) mass is 350 g/mol. The maximum atomic E-state index is 15.2. The third kappa shape index (κ3) is 2.47. The van der Waals surface area contributed by atoms with Crippen LogP contribution in [0.25, 0.3) is 11.0 Å². The first-order valence-corrected chi connectivity index (χ1v) is 7.23. The number of aromatic amines is 1. The van der Waals surface area contributed by atoms with Crippen molar-refractivity contribution in [2.45, 2.75) is 37.1 Å². The van der Waals surface area contributed by atoms with Crippen LogP contribution in [0, 0.1) is 12.3 Å². The SMILES string of the molecule is C#C[C@@]1(F)C(O)[C@@H]([C@@H](C)O)O[C@H]1n1ccc2c(=O)[nH]c(N=NN)nc21. The van der Waals surface area contributed by atoms with Crippen LogP contribution in [0.15, 0.2) is 27.4 Å². The van der Waals surface area contributed by atoms with Gasteiger partial charge >= 0.3 is 0 Å². The van der Waals surface area contributed by atoms with Crippen molar-refractivity contribution in [1.82, 2.24) is 14.5 Å². The minimum absolute atomic E-state index is 0.00636. The Bertz CT molecular complexity index is 932. The average molecular weight is 350 g/mol. The van der Waals surface area contributed by atoms with E-state index in [2.05, 4.69) is 20.3 Å². The molecule has 0 amide bonds. The van der Waals surface area contributed by atoms with E-state index in [1.165, 1.54) is 19.2 Å². The van der Waals surface area contributed by atoms with Crippen molar-refractivity contribution in [2.24, 2.45) is 16.2 Å². The van der Waals surface area contributed by atoms with Crippen LogP contribution in [0.3, 0.4) is 0 Å². The second-order valence-corrected chi connectivity index (χ2v) is 5.62. The molecule has 0 aromatic carbocycles. The first-order valence-electron chi connectivity index (χ1n) is 7.23. The highest BCUT2D eigenvalue weighted by Gasteiger charge is 2.58. The standard InChI is InChI=1S/C14H15FN6O4/c1-3-14(15)9(23)8(6(2)22)25-12(14)21-5-4-7-10(21)17-13(19-20-16)18-11(7)24/h1,4-6,8-9,12,22-23H,2H3,(H3,16,17,18,19,24)/t6-,8-,9?,12-,14-/m1/s1. The zero-order valence-corrected chi connectivity index (χ0v) is 13.0. The van der Waals surface area contributed by atoms with Gasteiger partial charge in [-0.05, 0) is 13.0 Å². The second kappa shape index (κ2) is 5.92. The molecule has 0 saturated carbocycles. The Kier molecular flexibility index (Phi) is 4.03. The molecule has 1 unspecified atom stereocenters. The summed E-state index contributed by atoms with van der Waals surface area (Å²) < 4.78 is 21.8. The van der Waals surface area contributed by atoms with Gasteiger partial charge in [-0.25, -0.2) is 4.39 Å². The molecule has 25 heavy (non-hydrogen) atoms. The number of fused-ring (bicyclic) bond motifs is 1. The van der Waals surface area contributed by atoms with E-state index in [9.17, 15) is 15.0 Å². The van der Waals surface area contributed by atoms with Gasteiger partial charge in [-0.3, -0.25) is 9.78 Å². The number of hydrogen-bond donors (Lipinski definition) is 4. The molecule has 132 valence electrons. The quantitative estimate of drug-likeness (QED) is 0.257. The van der Waals surface area contributed by atoms with Crippen molar-refractivity contribution < 1.29 is 19.3 Å². The van der Waals surface area contributed by atoms with Gasteiger partial charge in [-0.2, -0.15) is 4.98 Å².